The average Bonchev–Trinajstić information content (AvgIpc) is 3.48. The van der Waals surface area contributed by atoms with E-state index in [2.05, 4.69) is 21.2 Å². The Morgan fingerprint density at radius 3 is 2.66 bits per heavy atom. The monoisotopic (exact) mass is 494 g/mol. The lowest BCUT2D eigenvalue weighted by atomic mass is 9.96. The highest BCUT2D eigenvalue weighted by atomic mass is 79.9. The van der Waals surface area contributed by atoms with Gasteiger partial charge < -0.3 is 10.2 Å². The average molecular weight is 496 g/mol. The number of nitrogens with one attached hydrogen (secondary N) is 1. The zero-order chi connectivity index (χ0) is 20.7. The van der Waals surface area contributed by atoms with E-state index in [4.69, 9.17) is 11.6 Å². The van der Waals surface area contributed by atoms with Crippen LogP contribution in [0.5, 0.6) is 0 Å². The number of carbonyl (C=O) groups is 3. The van der Waals surface area contributed by atoms with E-state index < -0.39 is 4.83 Å². The molecule has 2 amide bonds. The van der Waals surface area contributed by atoms with Crippen LogP contribution >= 0.6 is 38.9 Å². The van der Waals surface area contributed by atoms with E-state index >= 15 is 0 Å². The third-order valence-electron chi connectivity index (χ3n) is 5.24. The van der Waals surface area contributed by atoms with Gasteiger partial charge in [-0.2, -0.15) is 0 Å². The van der Waals surface area contributed by atoms with Gasteiger partial charge >= 0.3 is 0 Å². The number of halogens is 2. The van der Waals surface area contributed by atoms with Crippen molar-refractivity contribution < 1.29 is 14.4 Å². The molecule has 1 aromatic heterocycles. The number of thiophene rings is 1. The minimum Gasteiger partial charge on any atom is -0.337 e. The maximum absolute atomic E-state index is 13.4. The van der Waals surface area contributed by atoms with Crippen LogP contribution in [0.15, 0.2) is 24.3 Å². The molecule has 5 nitrogen and oxygen atoms in total. The van der Waals surface area contributed by atoms with Crippen molar-refractivity contribution in [2.75, 3.05) is 11.9 Å². The molecule has 0 bridgehead atoms. The number of ketones is 1. The Kier molecular flexibility index (Phi) is 5.82. The fraction of sp³-hybridized carbons (Fsp3) is 0.381. The molecule has 1 N–H and O–H groups in total. The summed E-state index contributed by atoms with van der Waals surface area (Å²) in [6.07, 6.45) is 2.52. The largest absolute Gasteiger partial charge is 0.337 e. The van der Waals surface area contributed by atoms with Gasteiger partial charge in [-0.3, -0.25) is 14.4 Å². The summed E-state index contributed by atoms with van der Waals surface area (Å²) in [6, 6.07) is 6.92. The van der Waals surface area contributed by atoms with Gasteiger partial charge in [0.1, 0.15) is 5.00 Å². The highest BCUT2D eigenvalue weighted by Crippen LogP contribution is 2.41. The molecule has 1 atom stereocenters. The fourth-order valence-corrected chi connectivity index (χ4v) is 5.10. The van der Waals surface area contributed by atoms with E-state index in [-0.39, 0.29) is 23.5 Å². The Morgan fingerprint density at radius 1 is 1.28 bits per heavy atom. The summed E-state index contributed by atoms with van der Waals surface area (Å²) in [5, 5.41) is 3.79. The number of rotatable bonds is 5. The molecule has 1 fully saturated rings. The zero-order valence-electron chi connectivity index (χ0n) is 15.8. The summed E-state index contributed by atoms with van der Waals surface area (Å²) >= 11 is 10.9. The molecule has 1 aliphatic heterocycles. The first-order chi connectivity index (χ1) is 13.9. The van der Waals surface area contributed by atoms with Crippen LogP contribution in [0, 0.1) is 5.92 Å². The molecule has 1 saturated carbocycles. The van der Waals surface area contributed by atoms with Crippen LogP contribution in [0.4, 0.5) is 5.00 Å². The highest BCUT2D eigenvalue weighted by molar-refractivity contribution is 9.10. The first-order valence-corrected chi connectivity index (χ1v) is 11.6. The summed E-state index contributed by atoms with van der Waals surface area (Å²) < 4.78 is 0. The van der Waals surface area contributed by atoms with Crippen molar-refractivity contribution in [2.45, 2.75) is 37.6 Å². The van der Waals surface area contributed by atoms with E-state index in [1.807, 2.05) is 4.90 Å². The molecule has 8 heteroatoms. The second-order valence-corrected chi connectivity index (χ2v) is 10.3. The van der Waals surface area contributed by atoms with Crippen molar-refractivity contribution in [1.29, 1.82) is 0 Å². The normalized spacial score (nSPS) is 16.9. The van der Waals surface area contributed by atoms with Gasteiger partial charge in [0.05, 0.1) is 22.0 Å². The lowest BCUT2D eigenvalue weighted by Crippen LogP contribution is -2.36. The van der Waals surface area contributed by atoms with Gasteiger partial charge in [-0.15, -0.1) is 11.3 Å². The number of amides is 2. The number of hydrogen-bond donors (Lipinski definition) is 1. The summed E-state index contributed by atoms with van der Waals surface area (Å²) in [4.78, 5) is 40.6. The fourth-order valence-electron chi connectivity index (χ4n) is 3.50. The molecular formula is C21H20BrClN2O3S. The Labute approximate surface area is 186 Å². The summed E-state index contributed by atoms with van der Waals surface area (Å²) in [7, 11) is 0. The van der Waals surface area contributed by atoms with Gasteiger partial charge in [-0.05, 0) is 43.9 Å². The molecule has 2 aromatic rings. The van der Waals surface area contributed by atoms with Crippen molar-refractivity contribution in [3.8, 4) is 0 Å². The van der Waals surface area contributed by atoms with Crippen molar-refractivity contribution in [3.63, 3.8) is 0 Å². The summed E-state index contributed by atoms with van der Waals surface area (Å²) in [5.74, 6) is -0.0628. The van der Waals surface area contributed by atoms with E-state index in [9.17, 15) is 14.4 Å². The molecule has 152 valence electrons. The molecular weight excluding hydrogens is 476 g/mol. The Bertz CT molecular complexity index is 1000. The molecule has 1 aromatic carbocycles. The smallest absolute Gasteiger partial charge is 0.238 e. The number of nitrogens with zero attached hydrogens (tertiary/aromatic N) is 1. The summed E-state index contributed by atoms with van der Waals surface area (Å²) in [5.41, 5.74) is 1.82. The van der Waals surface area contributed by atoms with Crippen molar-refractivity contribution in [2.24, 2.45) is 5.92 Å². The van der Waals surface area contributed by atoms with E-state index in [0.717, 1.165) is 23.3 Å². The lowest BCUT2D eigenvalue weighted by Gasteiger charge is -2.27. The quantitative estimate of drug-likeness (QED) is 0.485. The van der Waals surface area contributed by atoms with Crippen LogP contribution in [-0.2, 0) is 22.6 Å². The van der Waals surface area contributed by atoms with E-state index in [1.54, 1.807) is 31.2 Å². The minimum absolute atomic E-state index is 0.161. The predicted molar refractivity (Wildman–Crippen MR) is 118 cm³/mol. The van der Waals surface area contributed by atoms with Crippen LogP contribution in [0.1, 0.15) is 46.1 Å². The van der Waals surface area contributed by atoms with E-state index in [0.29, 0.717) is 40.7 Å². The van der Waals surface area contributed by atoms with Gasteiger partial charge in [-0.25, -0.2) is 0 Å². The molecule has 0 radical (unpaired) electrons. The van der Waals surface area contributed by atoms with Crippen LogP contribution in [0.2, 0.25) is 5.02 Å². The summed E-state index contributed by atoms with van der Waals surface area (Å²) in [6.45, 7) is 2.80. The minimum atomic E-state index is -0.391. The van der Waals surface area contributed by atoms with Crippen LogP contribution in [-0.4, -0.2) is 33.9 Å². The van der Waals surface area contributed by atoms with Crippen LogP contribution in [0.3, 0.4) is 0 Å². The third-order valence-corrected chi connectivity index (χ3v) is 7.12. The Hall–Kier alpha value is -1.70. The van der Waals surface area contributed by atoms with Crippen molar-refractivity contribution >= 4 is 61.5 Å². The number of alkyl halides is 1. The standard InChI is InChI=1S/C21H20BrClN2O3S/c1-11(22)19(27)24-20-17(18(26)13-4-2-3-5-15(13)23)14-8-9-25(10-16(14)29-20)21(28)12-6-7-12/h2-5,11-12H,6-10H2,1H3,(H,24,27). The number of anilines is 1. The first-order valence-electron chi connectivity index (χ1n) is 9.54. The molecule has 2 aliphatic rings. The highest BCUT2D eigenvalue weighted by Gasteiger charge is 2.37. The lowest BCUT2D eigenvalue weighted by molar-refractivity contribution is -0.133. The number of carbonyl (C=O) groups excluding carboxylic acids is 3. The first kappa shape index (κ1) is 20.6. The molecule has 4 rings (SSSR count). The number of hydrogen-bond acceptors (Lipinski definition) is 4. The van der Waals surface area contributed by atoms with E-state index in [1.165, 1.54) is 11.3 Å². The van der Waals surface area contributed by atoms with Gasteiger partial charge in [0.2, 0.25) is 11.8 Å². The molecule has 2 heterocycles. The zero-order valence-corrected chi connectivity index (χ0v) is 19.0. The molecule has 29 heavy (non-hydrogen) atoms. The second kappa shape index (κ2) is 8.20. The van der Waals surface area contributed by atoms with Crippen LogP contribution in [0.25, 0.3) is 0 Å². The number of fused-ring (bicyclic) bond motifs is 1. The molecule has 0 saturated heterocycles. The maximum Gasteiger partial charge on any atom is 0.238 e. The number of benzene rings is 1. The van der Waals surface area contributed by atoms with Gasteiger partial charge in [0.25, 0.3) is 0 Å². The molecule has 1 unspecified atom stereocenters. The second-order valence-electron chi connectivity index (χ2n) is 7.41. The van der Waals surface area contributed by atoms with Gasteiger partial charge in [0, 0.05) is 22.9 Å². The third kappa shape index (κ3) is 4.13. The Balaban J connectivity index is 1.72. The molecule has 1 aliphatic carbocycles. The molecule has 0 spiro atoms. The van der Waals surface area contributed by atoms with Crippen LogP contribution < -0.4 is 5.32 Å². The van der Waals surface area contributed by atoms with Gasteiger partial charge in [0.15, 0.2) is 5.78 Å². The van der Waals surface area contributed by atoms with Crippen molar-refractivity contribution in [3.05, 3.63) is 50.9 Å². The van der Waals surface area contributed by atoms with Gasteiger partial charge in [-0.1, -0.05) is 39.7 Å². The van der Waals surface area contributed by atoms with Crippen molar-refractivity contribution in [1.82, 2.24) is 4.90 Å². The SMILES string of the molecule is CC(Br)C(=O)Nc1sc2c(c1C(=O)c1ccccc1Cl)CCN(C(=O)C1CC1)C2. The Morgan fingerprint density at radius 2 is 2.00 bits per heavy atom. The topological polar surface area (TPSA) is 66.5 Å². The maximum atomic E-state index is 13.4. The predicted octanol–water partition coefficient (Wildman–Crippen LogP) is 4.65.